The Morgan fingerprint density at radius 1 is 1.25 bits per heavy atom. The zero-order valence-electron chi connectivity index (χ0n) is 14.7. The van der Waals surface area contributed by atoms with Gasteiger partial charge in [0.2, 0.25) is 11.8 Å². The lowest BCUT2D eigenvalue weighted by molar-refractivity contribution is -0.134. The van der Waals surface area contributed by atoms with Crippen LogP contribution >= 0.6 is 0 Å². The summed E-state index contributed by atoms with van der Waals surface area (Å²) in [7, 11) is 0. The Labute approximate surface area is 144 Å². The number of aromatic nitrogens is 2. The number of carbonyl (C=O) groups excluding carboxylic acids is 1. The van der Waals surface area contributed by atoms with Crippen molar-refractivity contribution in [1.29, 1.82) is 0 Å². The predicted molar refractivity (Wildman–Crippen MR) is 91.4 cm³/mol. The van der Waals surface area contributed by atoms with E-state index >= 15 is 0 Å². The third-order valence-corrected chi connectivity index (χ3v) is 5.39. The van der Waals surface area contributed by atoms with Crippen LogP contribution in [-0.2, 0) is 11.2 Å². The molecule has 2 N–H and O–H groups in total. The highest BCUT2D eigenvalue weighted by atomic mass is 16.5. The lowest BCUT2D eigenvalue weighted by Gasteiger charge is -2.33. The summed E-state index contributed by atoms with van der Waals surface area (Å²) in [6, 6.07) is -0.422. The van der Waals surface area contributed by atoms with E-state index in [9.17, 15) is 4.79 Å². The fourth-order valence-corrected chi connectivity index (χ4v) is 4.02. The molecule has 1 aliphatic carbocycles. The molecule has 1 saturated heterocycles. The van der Waals surface area contributed by atoms with Crippen molar-refractivity contribution in [2.45, 2.75) is 76.7 Å². The second kappa shape index (κ2) is 8.10. The van der Waals surface area contributed by atoms with Gasteiger partial charge >= 0.3 is 0 Å². The van der Waals surface area contributed by atoms with Crippen LogP contribution in [0, 0.1) is 5.92 Å². The topological polar surface area (TPSA) is 85.3 Å². The quantitative estimate of drug-likeness (QED) is 0.856. The number of likely N-dealkylation sites (tertiary alicyclic amines) is 1. The summed E-state index contributed by atoms with van der Waals surface area (Å²) in [6.45, 7) is 3.32. The molecule has 1 saturated carbocycles. The van der Waals surface area contributed by atoms with Gasteiger partial charge in [0.25, 0.3) is 0 Å². The van der Waals surface area contributed by atoms with Gasteiger partial charge in [-0.3, -0.25) is 4.79 Å². The van der Waals surface area contributed by atoms with Crippen molar-refractivity contribution in [3.8, 4) is 0 Å². The first-order valence-corrected chi connectivity index (χ1v) is 9.50. The second-order valence-electron chi connectivity index (χ2n) is 7.52. The average Bonchev–Trinajstić information content (AvgIpc) is 2.87. The maximum atomic E-state index is 12.1. The predicted octanol–water partition coefficient (Wildman–Crippen LogP) is 2.64. The van der Waals surface area contributed by atoms with E-state index in [1.807, 2.05) is 4.90 Å². The summed E-state index contributed by atoms with van der Waals surface area (Å²) in [5.41, 5.74) is 5.73. The zero-order valence-corrected chi connectivity index (χ0v) is 14.7. The van der Waals surface area contributed by atoms with Gasteiger partial charge in [-0.05, 0) is 38.5 Å². The average molecular weight is 334 g/mol. The maximum Gasteiger partial charge on any atom is 0.239 e. The van der Waals surface area contributed by atoms with Crippen LogP contribution in [0.15, 0.2) is 4.52 Å². The Kier molecular flexibility index (Phi) is 5.87. The number of hydrogen-bond donors (Lipinski definition) is 1. The molecule has 0 radical (unpaired) electrons. The molecule has 1 aromatic heterocycles. The zero-order chi connectivity index (χ0) is 16.9. The van der Waals surface area contributed by atoms with Crippen LogP contribution in [0.2, 0.25) is 0 Å². The number of rotatable bonds is 4. The molecule has 2 atom stereocenters. The first kappa shape index (κ1) is 17.4. The van der Waals surface area contributed by atoms with Crippen LogP contribution in [0.3, 0.4) is 0 Å². The van der Waals surface area contributed by atoms with E-state index in [0.717, 1.165) is 44.1 Å². The smallest absolute Gasteiger partial charge is 0.239 e. The van der Waals surface area contributed by atoms with Crippen molar-refractivity contribution in [3.05, 3.63) is 11.7 Å². The highest BCUT2D eigenvalue weighted by Gasteiger charge is 2.27. The molecule has 6 heteroatoms. The maximum absolute atomic E-state index is 12.1. The van der Waals surface area contributed by atoms with Crippen LogP contribution in [0.4, 0.5) is 0 Å². The summed E-state index contributed by atoms with van der Waals surface area (Å²) < 4.78 is 5.52. The summed E-state index contributed by atoms with van der Waals surface area (Å²) in [4.78, 5) is 18.6. The van der Waals surface area contributed by atoms with Gasteiger partial charge in [-0.15, -0.1) is 0 Å². The molecule has 2 fully saturated rings. The molecule has 1 amide bonds. The Balaban J connectivity index is 1.57. The van der Waals surface area contributed by atoms with E-state index in [1.54, 1.807) is 6.92 Å². The molecule has 0 aromatic carbocycles. The Morgan fingerprint density at radius 3 is 2.71 bits per heavy atom. The van der Waals surface area contributed by atoms with Gasteiger partial charge in [0.05, 0.1) is 6.04 Å². The number of piperidine rings is 1. The molecule has 1 aliphatic heterocycles. The van der Waals surface area contributed by atoms with Crippen molar-refractivity contribution in [2.24, 2.45) is 11.7 Å². The summed E-state index contributed by atoms with van der Waals surface area (Å²) in [6.07, 6.45) is 10.4. The summed E-state index contributed by atoms with van der Waals surface area (Å²) >= 11 is 0. The van der Waals surface area contributed by atoms with Gasteiger partial charge in [-0.25, -0.2) is 0 Å². The fourth-order valence-electron chi connectivity index (χ4n) is 4.02. The van der Waals surface area contributed by atoms with Crippen molar-refractivity contribution in [1.82, 2.24) is 15.0 Å². The SMILES string of the molecule is C[C@@H](N)C(=O)N1CCCC(Cc2nc(C3CCCCCC3)no2)C1. The molecule has 3 rings (SSSR count). The normalized spacial score (nSPS) is 24.6. The largest absolute Gasteiger partial charge is 0.341 e. The van der Waals surface area contributed by atoms with E-state index in [1.165, 1.54) is 38.5 Å². The van der Waals surface area contributed by atoms with Gasteiger partial charge in [-0.2, -0.15) is 4.98 Å². The van der Waals surface area contributed by atoms with Crippen LogP contribution in [0.1, 0.15) is 75.9 Å². The standard InChI is InChI=1S/C18H30N4O2/c1-13(19)18(23)22-10-6-7-14(12-22)11-16-20-17(21-24-16)15-8-4-2-3-5-9-15/h13-15H,2-12,19H2,1H3/t13-,14?/m1/s1. The van der Waals surface area contributed by atoms with Gasteiger partial charge in [0, 0.05) is 25.4 Å². The number of hydrogen-bond acceptors (Lipinski definition) is 5. The van der Waals surface area contributed by atoms with Crippen LogP contribution in [0.5, 0.6) is 0 Å². The highest BCUT2D eigenvalue weighted by molar-refractivity contribution is 5.81. The van der Waals surface area contributed by atoms with Crippen molar-refractivity contribution in [3.63, 3.8) is 0 Å². The van der Waals surface area contributed by atoms with Crippen molar-refractivity contribution < 1.29 is 9.32 Å². The number of carbonyl (C=O) groups is 1. The molecule has 2 heterocycles. The molecule has 134 valence electrons. The molecule has 1 aromatic rings. The van der Waals surface area contributed by atoms with Crippen LogP contribution < -0.4 is 5.73 Å². The van der Waals surface area contributed by atoms with E-state index in [2.05, 4.69) is 10.1 Å². The minimum absolute atomic E-state index is 0.0457. The minimum Gasteiger partial charge on any atom is -0.341 e. The molecule has 1 unspecified atom stereocenters. The molecular weight excluding hydrogens is 304 g/mol. The van der Waals surface area contributed by atoms with Crippen LogP contribution in [-0.4, -0.2) is 40.1 Å². The van der Waals surface area contributed by atoms with E-state index < -0.39 is 6.04 Å². The molecule has 6 nitrogen and oxygen atoms in total. The minimum atomic E-state index is -0.422. The first-order chi connectivity index (χ1) is 11.6. The second-order valence-corrected chi connectivity index (χ2v) is 7.52. The summed E-state index contributed by atoms with van der Waals surface area (Å²) in [5, 5.41) is 4.24. The molecule has 0 bridgehead atoms. The number of nitrogens with zero attached hydrogens (tertiary/aromatic N) is 3. The fraction of sp³-hybridized carbons (Fsp3) is 0.833. The number of amides is 1. The molecule has 24 heavy (non-hydrogen) atoms. The molecule has 0 spiro atoms. The summed E-state index contributed by atoms with van der Waals surface area (Å²) in [5.74, 6) is 2.53. The van der Waals surface area contributed by atoms with E-state index in [4.69, 9.17) is 10.3 Å². The first-order valence-electron chi connectivity index (χ1n) is 9.50. The van der Waals surface area contributed by atoms with Gasteiger partial charge in [0.15, 0.2) is 5.82 Å². The van der Waals surface area contributed by atoms with E-state index in [-0.39, 0.29) is 5.91 Å². The van der Waals surface area contributed by atoms with Crippen molar-refractivity contribution >= 4 is 5.91 Å². The van der Waals surface area contributed by atoms with Crippen molar-refractivity contribution in [2.75, 3.05) is 13.1 Å². The third-order valence-electron chi connectivity index (χ3n) is 5.39. The number of nitrogens with two attached hydrogens (primary N) is 1. The Hall–Kier alpha value is -1.43. The van der Waals surface area contributed by atoms with E-state index in [0.29, 0.717) is 11.8 Å². The van der Waals surface area contributed by atoms with Gasteiger partial charge in [0.1, 0.15) is 0 Å². The monoisotopic (exact) mass is 334 g/mol. The molecular formula is C18H30N4O2. The Morgan fingerprint density at radius 2 is 2.00 bits per heavy atom. The van der Waals surface area contributed by atoms with Crippen LogP contribution in [0.25, 0.3) is 0 Å². The molecule has 2 aliphatic rings. The lowest BCUT2D eigenvalue weighted by atomic mass is 9.94. The highest BCUT2D eigenvalue weighted by Crippen LogP contribution is 2.30. The van der Waals surface area contributed by atoms with Gasteiger partial charge < -0.3 is 15.2 Å². The van der Waals surface area contributed by atoms with Gasteiger partial charge in [-0.1, -0.05) is 30.8 Å². The lowest BCUT2D eigenvalue weighted by Crippen LogP contribution is -2.47. The Bertz CT molecular complexity index is 535. The third kappa shape index (κ3) is 4.35.